The van der Waals surface area contributed by atoms with Crippen LogP contribution in [0.1, 0.15) is 112 Å². The van der Waals surface area contributed by atoms with E-state index in [1.165, 1.54) is 88.6 Å². The molecule has 0 radical (unpaired) electrons. The van der Waals surface area contributed by atoms with Crippen LogP contribution in [0, 0.1) is 19.9 Å². The number of hydrogen-bond acceptors (Lipinski definition) is 0. The molecule has 0 nitrogen and oxygen atoms in total. The first-order valence-electron chi connectivity index (χ1n) is 16.6. The molecule has 0 saturated carbocycles. The molecule has 0 N–H and O–H groups in total. The molecule has 6 rings (SSSR count). The number of hydrogen-bond donors (Lipinski definition) is 0. The zero-order valence-electron chi connectivity index (χ0n) is 30.8. The van der Waals surface area contributed by atoms with Crippen LogP contribution >= 0.6 is 0 Å². The van der Waals surface area contributed by atoms with Crippen molar-refractivity contribution in [1.82, 2.24) is 0 Å². The predicted octanol–water partition coefficient (Wildman–Crippen LogP) is 5.78. The second kappa shape index (κ2) is 17.0. The molecule has 1 aliphatic carbocycles. The molecule has 0 aromatic heterocycles. The maximum absolute atomic E-state index is 3.67. The molecule has 5 aromatic carbocycles. The maximum atomic E-state index is 3.67. The molecule has 1 aliphatic rings. The Balaban J connectivity index is 0.000000260. The van der Waals surface area contributed by atoms with Crippen LogP contribution in [0.2, 0.25) is 0 Å². The summed E-state index contributed by atoms with van der Waals surface area (Å²) in [7, 11) is 0. The standard InChI is InChI=1S/C21H25.C13H10.C11H17.2ClH.Zr/c1-20(2,3)16-7-9-18-14(12-16)11-15-13-17(21(4,5)6)8-10-19(15)18;1-3-7-12(8-4-1)11-13-9-5-2-6-10-13;1-8-6-9(2)10(7-8)11(3,4)5;;;/h7-10,12H,11H2,1-6H3;1-10H;6-7H,1-5H3;2*1H;/q-1;;-1;;;+2/p-2. The van der Waals surface area contributed by atoms with Gasteiger partial charge in [0.2, 0.25) is 0 Å². The third-order valence-corrected chi connectivity index (χ3v) is 10.1. The number of benzene rings is 4. The van der Waals surface area contributed by atoms with Crippen LogP contribution in [0.15, 0.2) is 103 Å². The number of rotatable bonds is 2. The third-order valence-electron chi connectivity index (χ3n) is 8.64. The molecule has 252 valence electrons. The number of aryl methyl sites for hydroxylation is 2. The Kier molecular flexibility index (Phi) is 14.8. The second-order valence-corrected chi connectivity index (χ2v) is 17.0. The quantitative estimate of drug-likeness (QED) is 0.197. The van der Waals surface area contributed by atoms with E-state index < -0.39 is 0 Å². The van der Waals surface area contributed by atoms with E-state index in [1.54, 1.807) is 0 Å². The molecule has 0 aliphatic heterocycles. The summed E-state index contributed by atoms with van der Waals surface area (Å²) < 4.78 is 1.42. The van der Waals surface area contributed by atoms with Gasteiger partial charge in [-0.3, -0.25) is 0 Å². The summed E-state index contributed by atoms with van der Waals surface area (Å²) in [5, 5.41) is 0. The Hall–Kier alpha value is -2.44. The second-order valence-electron chi connectivity index (χ2n) is 15.8. The molecule has 0 heterocycles. The van der Waals surface area contributed by atoms with E-state index in [2.05, 4.69) is 185 Å². The van der Waals surface area contributed by atoms with Gasteiger partial charge < -0.3 is 24.8 Å². The average molecular weight is 755 g/mol. The summed E-state index contributed by atoms with van der Waals surface area (Å²) in [6.07, 6.45) is 1.03. The van der Waals surface area contributed by atoms with Crippen LogP contribution < -0.4 is 24.8 Å². The summed E-state index contributed by atoms with van der Waals surface area (Å²) in [6, 6.07) is 40.8. The summed E-state index contributed by atoms with van der Waals surface area (Å²) in [6.45, 7) is 24.7. The Morgan fingerprint density at radius 3 is 1.56 bits per heavy atom. The topological polar surface area (TPSA) is 0 Å². The normalized spacial score (nSPS) is 11.8. The minimum atomic E-state index is 0. The van der Waals surface area contributed by atoms with Crippen molar-refractivity contribution in [1.29, 1.82) is 0 Å². The van der Waals surface area contributed by atoms with Gasteiger partial charge in [-0.1, -0.05) is 105 Å². The molecule has 0 spiro atoms. The zero-order chi connectivity index (χ0) is 33.9. The summed E-state index contributed by atoms with van der Waals surface area (Å²) in [5.74, 6) is 0. The molecule has 5 aromatic rings. The summed E-state index contributed by atoms with van der Waals surface area (Å²) in [4.78, 5) is 0. The van der Waals surface area contributed by atoms with E-state index in [0.717, 1.165) is 6.42 Å². The van der Waals surface area contributed by atoms with Crippen LogP contribution in [0.5, 0.6) is 0 Å². The molecular formula is C45H52Cl2Zr-2. The number of fused-ring (bicyclic) bond motifs is 3. The molecule has 0 fully saturated rings. The first-order chi connectivity index (χ1) is 21.4. The van der Waals surface area contributed by atoms with E-state index in [-0.39, 0.29) is 35.6 Å². The fourth-order valence-corrected chi connectivity index (χ4v) is 6.83. The third kappa shape index (κ3) is 10.8. The van der Waals surface area contributed by atoms with Crippen molar-refractivity contribution < 1.29 is 49.0 Å². The minimum absolute atomic E-state index is 0. The van der Waals surface area contributed by atoms with Gasteiger partial charge in [0.25, 0.3) is 0 Å². The van der Waals surface area contributed by atoms with Gasteiger partial charge in [0.15, 0.2) is 0 Å². The molecule has 48 heavy (non-hydrogen) atoms. The van der Waals surface area contributed by atoms with Gasteiger partial charge in [0, 0.05) is 0 Å². The van der Waals surface area contributed by atoms with Crippen LogP contribution in [-0.4, -0.2) is 3.21 Å². The van der Waals surface area contributed by atoms with E-state index in [1.807, 2.05) is 0 Å². The molecular weight excluding hydrogens is 703 g/mol. The van der Waals surface area contributed by atoms with Crippen molar-refractivity contribution in [2.24, 2.45) is 0 Å². The Labute approximate surface area is 319 Å². The van der Waals surface area contributed by atoms with Gasteiger partial charge in [-0.25, -0.2) is 6.07 Å². The SMILES string of the molecule is CC(C)(C)c1[c-]c2c(cc1)-c1ccc(C(C)(C)C)cc1C2.Cc1cc(C(C)(C)C)c(C)[cH-]1.[Cl-].[Cl-].[Zr+2]=[C](c1ccccc1)c1ccccc1. The molecule has 0 unspecified atom stereocenters. The van der Waals surface area contributed by atoms with E-state index in [9.17, 15) is 0 Å². The zero-order valence-corrected chi connectivity index (χ0v) is 34.7. The molecule has 3 heteroatoms. The van der Waals surface area contributed by atoms with Crippen molar-refractivity contribution in [2.45, 2.75) is 98.8 Å². The Bertz CT molecular complexity index is 1670. The van der Waals surface area contributed by atoms with Gasteiger partial charge in [-0.2, -0.15) is 46.5 Å². The van der Waals surface area contributed by atoms with E-state index in [0.29, 0.717) is 5.41 Å². The van der Waals surface area contributed by atoms with Gasteiger partial charge >= 0.3 is 99.2 Å². The Morgan fingerprint density at radius 1 is 0.625 bits per heavy atom. The monoisotopic (exact) mass is 752 g/mol. The van der Waals surface area contributed by atoms with Crippen molar-refractivity contribution in [3.05, 3.63) is 159 Å². The van der Waals surface area contributed by atoms with Crippen LogP contribution in [0.3, 0.4) is 0 Å². The van der Waals surface area contributed by atoms with E-state index in [4.69, 9.17) is 0 Å². The van der Waals surface area contributed by atoms with Crippen molar-refractivity contribution >= 4 is 3.21 Å². The van der Waals surface area contributed by atoms with Gasteiger partial charge in [0.05, 0.1) is 0 Å². The Morgan fingerprint density at radius 2 is 1.15 bits per heavy atom. The summed E-state index contributed by atoms with van der Waals surface area (Å²) in [5.41, 5.74) is 16.0. The fraction of sp³-hybridized carbons (Fsp3) is 0.333. The molecule has 0 atom stereocenters. The van der Waals surface area contributed by atoms with Gasteiger partial charge in [-0.15, -0.1) is 11.1 Å². The average Bonchev–Trinajstić information content (AvgIpc) is 3.55. The van der Waals surface area contributed by atoms with Gasteiger partial charge in [-0.05, 0) is 28.4 Å². The van der Waals surface area contributed by atoms with Crippen molar-refractivity contribution in [3.8, 4) is 11.1 Å². The van der Waals surface area contributed by atoms with Crippen LogP contribution in [0.25, 0.3) is 11.1 Å². The summed E-state index contributed by atoms with van der Waals surface area (Å²) >= 11 is 1.46. The van der Waals surface area contributed by atoms with Crippen molar-refractivity contribution in [3.63, 3.8) is 0 Å². The first-order valence-corrected chi connectivity index (χ1v) is 17.8. The van der Waals surface area contributed by atoms with Crippen LogP contribution in [0.4, 0.5) is 0 Å². The first kappa shape index (κ1) is 41.7. The predicted molar refractivity (Wildman–Crippen MR) is 197 cm³/mol. The number of halogens is 2. The van der Waals surface area contributed by atoms with Crippen molar-refractivity contribution in [2.75, 3.05) is 0 Å². The van der Waals surface area contributed by atoms with Gasteiger partial charge in [0.1, 0.15) is 0 Å². The molecule has 0 bridgehead atoms. The fourth-order valence-electron chi connectivity index (χ4n) is 6.01. The van der Waals surface area contributed by atoms with Crippen LogP contribution in [-0.2, 0) is 46.9 Å². The molecule has 0 saturated heterocycles. The van der Waals surface area contributed by atoms with E-state index >= 15 is 0 Å². The molecule has 0 amide bonds.